The third-order valence-electron chi connectivity index (χ3n) is 2.97. The van der Waals surface area contributed by atoms with Crippen molar-refractivity contribution in [2.75, 3.05) is 12.3 Å². The maximum absolute atomic E-state index is 5.85. The molecular formula is C14H19N3O. The van der Waals surface area contributed by atoms with Crippen molar-refractivity contribution < 1.29 is 4.74 Å². The van der Waals surface area contributed by atoms with Gasteiger partial charge in [-0.2, -0.15) is 5.10 Å². The molecule has 2 rings (SSSR count). The summed E-state index contributed by atoms with van der Waals surface area (Å²) in [4.78, 5) is 0. The molecule has 0 saturated carbocycles. The lowest BCUT2D eigenvalue weighted by Crippen LogP contribution is -2.03. The largest absolute Gasteiger partial charge is 0.493 e. The summed E-state index contributed by atoms with van der Waals surface area (Å²) in [5.41, 5.74) is 9.97. The number of aryl methyl sites for hydroxylation is 3. The number of nitrogens with two attached hydrogens (primary N) is 1. The molecule has 0 aliphatic carbocycles. The van der Waals surface area contributed by atoms with Gasteiger partial charge < -0.3 is 10.5 Å². The van der Waals surface area contributed by atoms with Crippen LogP contribution < -0.4 is 10.5 Å². The molecule has 0 bridgehead atoms. The van der Waals surface area contributed by atoms with Crippen LogP contribution in [-0.4, -0.2) is 16.4 Å². The van der Waals surface area contributed by atoms with Crippen LogP contribution in [0.3, 0.4) is 0 Å². The molecule has 0 amide bonds. The summed E-state index contributed by atoms with van der Waals surface area (Å²) < 4.78 is 7.59. The van der Waals surface area contributed by atoms with Crippen molar-refractivity contribution >= 4 is 5.69 Å². The first-order valence-electron chi connectivity index (χ1n) is 6.03. The van der Waals surface area contributed by atoms with E-state index < -0.39 is 0 Å². The average molecular weight is 245 g/mol. The fraction of sp³-hybridized carbons (Fsp3) is 0.357. The Kier molecular flexibility index (Phi) is 3.55. The van der Waals surface area contributed by atoms with Crippen LogP contribution in [0.1, 0.15) is 16.7 Å². The van der Waals surface area contributed by atoms with Gasteiger partial charge in [-0.05, 0) is 42.7 Å². The Bertz CT molecular complexity index is 546. The molecule has 96 valence electrons. The highest BCUT2D eigenvalue weighted by atomic mass is 16.5. The van der Waals surface area contributed by atoms with Crippen LogP contribution in [0.2, 0.25) is 0 Å². The summed E-state index contributed by atoms with van der Waals surface area (Å²) in [5.74, 6) is 0.908. The first kappa shape index (κ1) is 12.5. The number of nitrogens with zero attached hydrogens (tertiary/aromatic N) is 2. The molecule has 18 heavy (non-hydrogen) atoms. The Morgan fingerprint density at radius 3 is 2.72 bits per heavy atom. The third kappa shape index (κ3) is 2.83. The van der Waals surface area contributed by atoms with Crippen molar-refractivity contribution in [1.29, 1.82) is 0 Å². The molecule has 2 aromatic rings. The van der Waals surface area contributed by atoms with Crippen molar-refractivity contribution in [2.24, 2.45) is 7.05 Å². The van der Waals surface area contributed by atoms with Crippen LogP contribution in [0, 0.1) is 13.8 Å². The number of anilines is 1. The monoisotopic (exact) mass is 245 g/mol. The third-order valence-corrected chi connectivity index (χ3v) is 2.97. The number of hydrogen-bond donors (Lipinski definition) is 1. The van der Waals surface area contributed by atoms with Crippen molar-refractivity contribution in [3.05, 3.63) is 41.2 Å². The molecule has 0 radical (unpaired) electrons. The topological polar surface area (TPSA) is 53.1 Å². The van der Waals surface area contributed by atoms with Gasteiger partial charge in [-0.3, -0.25) is 4.68 Å². The van der Waals surface area contributed by atoms with Crippen LogP contribution in [-0.2, 0) is 13.5 Å². The average Bonchev–Trinajstić information content (AvgIpc) is 2.71. The zero-order chi connectivity index (χ0) is 13.1. The van der Waals surface area contributed by atoms with Crippen molar-refractivity contribution in [1.82, 2.24) is 9.78 Å². The van der Waals surface area contributed by atoms with E-state index in [4.69, 9.17) is 10.5 Å². The van der Waals surface area contributed by atoms with Gasteiger partial charge >= 0.3 is 0 Å². The fourth-order valence-electron chi connectivity index (χ4n) is 1.85. The molecule has 0 aliphatic rings. The molecule has 0 saturated heterocycles. The van der Waals surface area contributed by atoms with Gasteiger partial charge in [0.05, 0.1) is 12.8 Å². The summed E-state index contributed by atoms with van der Waals surface area (Å²) in [5, 5.41) is 4.13. The lowest BCUT2D eigenvalue weighted by atomic mass is 10.1. The quantitative estimate of drug-likeness (QED) is 0.840. The molecule has 0 spiro atoms. The number of ether oxygens (including phenoxy) is 1. The van der Waals surface area contributed by atoms with Gasteiger partial charge in [0, 0.05) is 25.4 Å². The van der Waals surface area contributed by atoms with Gasteiger partial charge in [-0.15, -0.1) is 0 Å². The predicted octanol–water partition coefficient (Wildman–Crippen LogP) is 2.24. The SMILES string of the molecule is Cc1cc(OCCc2cnn(C)c2)c(C)cc1N. The summed E-state index contributed by atoms with van der Waals surface area (Å²) in [6.45, 7) is 4.65. The maximum Gasteiger partial charge on any atom is 0.122 e. The second-order valence-corrected chi connectivity index (χ2v) is 4.60. The number of aromatic nitrogens is 2. The summed E-state index contributed by atoms with van der Waals surface area (Å²) in [6, 6.07) is 3.95. The van der Waals surface area contributed by atoms with E-state index in [0.717, 1.165) is 29.0 Å². The number of rotatable bonds is 4. The van der Waals surface area contributed by atoms with Gasteiger partial charge in [-0.25, -0.2) is 0 Å². The van der Waals surface area contributed by atoms with Crippen LogP contribution >= 0.6 is 0 Å². The maximum atomic E-state index is 5.85. The van der Waals surface area contributed by atoms with Crippen LogP contribution in [0.15, 0.2) is 24.5 Å². The Labute approximate surface area is 107 Å². The zero-order valence-electron chi connectivity index (χ0n) is 11.1. The lowest BCUT2D eigenvalue weighted by molar-refractivity contribution is 0.319. The molecule has 0 unspecified atom stereocenters. The van der Waals surface area contributed by atoms with Crippen LogP contribution in [0.25, 0.3) is 0 Å². The fourth-order valence-corrected chi connectivity index (χ4v) is 1.85. The minimum absolute atomic E-state index is 0.649. The second kappa shape index (κ2) is 5.12. The van der Waals surface area contributed by atoms with Gasteiger partial charge in [0.25, 0.3) is 0 Å². The highest BCUT2D eigenvalue weighted by Crippen LogP contribution is 2.24. The second-order valence-electron chi connectivity index (χ2n) is 4.60. The normalized spacial score (nSPS) is 10.6. The Morgan fingerprint density at radius 2 is 2.06 bits per heavy atom. The summed E-state index contributed by atoms with van der Waals surface area (Å²) in [6.07, 6.45) is 4.73. The highest BCUT2D eigenvalue weighted by molar-refractivity contribution is 5.53. The summed E-state index contributed by atoms with van der Waals surface area (Å²) in [7, 11) is 1.91. The van der Waals surface area contributed by atoms with E-state index in [1.54, 1.807) is 4.68 Å². The van der Waals surface area contributed by atoms with Crippen LogP contribution in [0.5, 0.6) is 5.75 Å². The van der Waals surface area contributed by atoms with Gasteiger partial charge in [0.2, 0.25) is 0 Å². The standard InChI is InChI=1S/C14H19N3O/c1-10-7-14(11(2)6-13(10)15)18-5-4-12-8-16-17(3)9-12/h6-9H,4-5,15H2,1-3H3. The lowest BCUT2D eigenvalue weighted by Gasteiger charge is -2.11. The first-order chi connectivity index (χ1) is 8.56. The molecule has 1 heterocycles. The molecule has 2 N–H and O–H groups in total. The highest BCUT2D eigenvalue weighted by Gasteiger charge is 2.04. The molecule has 0 aliphatic heterocycles. The molecule has 1 aromatic carbocycles. The van der Waals surface area contributed by atoms with E-state index in [0.29, 0.717) is 6.61 Å². The van der Waals surface area contributed by atoms with E-state index >= 15 is 0 Å². The van der Waals surface area contributed by atoms with Crippen molar-refractivity contribution in [3.8, 4) is 5.75 Å². The smallest absolute Gasteiger partial charge is 0.122 e. The number of benzene rings is 1. The Hall–Kier alpha value is -1.97. The van der Waals surface area contributed by atoms with Gasteiger partial charge in [-0.1, -0.05) is 0 Å². The minimum atomic E-state index is 0.649. The first-order valence-corrected chi connectivity index (χ1v) is 6.03. The molecule has 1 aromatic heterocycles. The van der Waals surface area contributed by atoms with Crippen LogP contribution in [0.4, 0.5) is 5.69 Å². The number of nitrogen functional groups attached to an aromatic ring is 1. The number of hydrogen-bond acceptors (Lipinski definition) is 3. The van der Waals surface area contributed by atoms with Gasteiger partial charge in [0.1, 0.15) is 5.75 Å². The van der Waals surface area contributed by atoms with E-state index in [1.165, 1.54) is 5.56 Å². The predicted molar refractivity (Wildman–Crippen MR) is 72.7 cm³/mol. The Balaban J connectivity index is 1.96. The minimum Gasteiger partial charge on any atom is -0.493 e. The molecule has 4 heteroatoms. The van der Waals surface area contributed by atoms with Gasteiger partial charge in [0.15, 0.2) is 0 Å². The molecular weight excluding hydrogens is 226 g/mol. The Morgan fingerprint density at radius 1 is 1.28 bits per heavy atom. The summed E-state index contributed by atoms with van der Waals surface area (Å²) >= 11 is 0. The molecule has 0 atom stereocenters. The van der Waals surface area contributed by atoms with Crippen molar-refractivity contribution in [3.63, 3.8) is 0 Å². The zero-order valence-corrected chi connectivity index (χ0v) is 11.1. The molecule has 4 nitrogen and oxygen atoms in total. The van der Waals surface area contributed by atoms with Crippen molar-refractivity contribution in [2.45, 2.75) is 20.3 Å². The van der Waals surface area contributed by atoms with E-state index in [1.807, 2.05) is 45.4 Å². The van der Waals surface area contributed by atoms with E-state index in [-0.39, 0.29) is 0 Å². The van der Waals surface area contributed by atoms with E-state index in [2.05, 4.69) is 5.10 Å². The molecule has 0 fully saturated rings. The van der Waals surface area contributed by atoms with E-state index in [9.17, 15) is 0 Å².